The summed E-state index contributed by atoms with van der Waals surface area (Å²) in [7, 11) is 4.73. The van der Waals surface area contributed by atoms with Crippen LogP contribution >= 0.6 is 35.6 Å². The lowest BCUT2D eigenvalue weighted by Crippen LogP contribution is -2.37. The minimum absolute atomic E-state index is 0. The normalized spacial score (nSPS) is 10.9. The van der Waals surface area contributed by atoms with Crippen LogP contribution in [0.2, 0.25) is 10.0 Å². The summed E-state index contributed by atoms with van der Waals surface area (Å²) >= 11 is 13.2. The van der Waals surface area contributed by atoms with Gasteiger partial charge in [0.1, 0.15) is 17.9 Å². The van der Waals surface area contributed by atoms with Gasteiger partial charge in [-0.1, -0.05) is 53.5 Å². The Balaban J connectivity index is 0.00000650. The number of methoxy groups -OCH3 is 2. The Bertz CT molecular complexity index is 1780. The quantitative estimate of drug-likeness (QED) is 0.142. The van der Waals surface area contributed by atoms with E-state index in [0.717, 1.165) is 16.6 Å². The van der Waals surface area contributed by atoms with E-state index in [1.165, 1.54) is 11.0 Å². The maximum Gasteiger partial charge on any atom is 0.254 e. The van der Waals surface area contributed by atoms with Crippen LogP contribution in [-0.4, -0.2) is 81.7 Å². The number of carbonyl (C=O) groups is 3. The number of nitrogens with zero attached hydrogens (tertiary/aromatic N) is 3. The minimum atomic E-state index is -0.461. The summed E-state index contributed by atoms with van der Waals surface area (Å²) in [5.41, 5.74) is 3.73. The van der Waals surface area contributed by atoms with Crippen LogP contribution in [0.3, 0.4) is 0 Å². The van der Waals surface area contributed by atoms with E-state index in [1.54, 1.807) is 68.6 Å². The summed E-state index contributed by atoms with van der Waals surface area (Å²) in [6, 6.07) is 19.7. The number of anilines is 1. The van der Waals surface area contributed by atoms with E-state index in [-0.39, 0.29) is 36.5 Å². The van der Waals surface area contributed by atoms with Gasteiger partial charge in [0.2, 0.25) is 11.8 Å². The number of aryl methyl sites for hydroxylation is 1. The predicted octanol–water partition coefficient (Wildman–Crippen LogP) is 6.38. The van der Waals surface area contributed by atoms with Gasteiger partial charge in [0, 0.05) is 67.7 Å². The molecule has 10 nitrogen and oxygen atoms in total. The number of aromatic nitrogens is 1. The smallest absolute Gasteiger partial charge is 0.254 e. The van der Waals surface area contributed by atoms with Crippen molar-refractivity contribution in [1.82, 2.24) is 15.2 Å². The number of amides is 3. The van der Waals surface area contributed by atoms with Gasteiger partial charge in [-0.15, -0.1) is 12.4 Å². The monoisotopic (exact) mass is 728 g/mol. The van der Waals surface area contributed by atoms with Crippen molar-refractivity contribution in [2.75, 3.05) is 59.0 Å². The summed E-state index contributed by atoms with van der Waals surface area (Å²) in [6.07, 6.45) is 2.92. The standard InChI is InChI=1S/C36H38Cl2N4O6.ClH/c1-24-8-12-26-6-5-7-31(35(26)40-24)48-23-28-29(37)15-16-30(34(28)38)41(2)33(44)22-39-32(43)17-11-25-9-13-27(14-10-25)36(45)42(18-20-46-3)19-21-47-4;/h5-17H,18-23H2,1-4H3,(H,39,43);1H/b17-11+;. The van der Waals surface area contributed by atoms with Crippen molar-refractivity contribution in [3.05, 3.63) is 105 Å². The molecule has 0 saturated heterocycles. The molecule has 0 atom stereocenters. The molecule has 1 aromatic heterocycles. The van der Waals surface area contributed by atoms with Crippen LogP contribution in [0.15, 0.2) is 72.8 Å². The van der Waals surface area contributed by atoms with Gasteiger partial charge in [0.05, 0.1) is 30.5 Å². The second-order valence-electron chi connectivity index (χ2n) is 10.8. The predicted molar refractivity (Wildman–Crippen MR) is 196 cm³/mol. The van der Waals surface area contributed by atoms with Gasteiger partial charge in [-0.2, -0.15) is 0 Å². The van der Waals surface area contributed by atoms with Crippen molar-refractivity contribution >= 4 is 76.0 Å². The summed E-state index contributed by atoms with van der Waals surface area (Å²) in [6.45, 7) is 3.41. The zero-order chi connectivity index (χ0) is 34.6. The fraction of sp³-hybridized carbons (Fsp3) is 0.278. The number of fused-ring (bicyclic) bond motifs is 1. The highest BCUT2D eigenvalue weighted by molar-refractivity contribution is 6.38. The zero-order valence-electron chi connectivity index (χ0n) is 27.7. The SMILES string of the molecule is COCCN(CCOC)C(=O)c1ccc(/C=C/C(=O)NCC(=O)N(C)c2ccc(Cl)c(COc3cccc4ccc(C)nc34)c2Cl)cc1.Cl. The second-order valence-corrected chi connectivity index (χ2v) is 11.6. The van der Waals surface area contributed by atoms with Crippen molar-refractivity contribution < 1.29 is 28.6 Å². The van der Waals surface area contributed by atoms with Crippen molar-refractivity contribution in [1.29, 1.82) is 0 Å². The number of likely N-dealkylation sites (N-methyl/N-ethyl adjacent to an activating group) is 1. The Hall–Kier alpha value is -4.19. The molecule has 0 radical (unpaired) electrons. The lowest BCUT2D eigenvalue weighted by molar-refractivity contribution is -0.122. The molecule has 4 rings (SSSR count). The third-order valence-electron chi connectivity index (χ3n) is 7.51. The number of hydrogen-bond acceptors (Lipinski definition) is 7. The van der Waals surface area contributed by atoms with E-state index in [1.807, 2.05) is 37.3 Å². The molecule has 1 heterocycles. The highest BCUT2D eigenvalue weighted by Gasteiger charge is 2.20. The summed E-state index contributed by atoms with van der Waals surface area (Å²) in [5, 5.41) is 4.19. The molecule has 13 heteroatoms. The molecule has 3 amide bonds. The molecule has 49 heavy (non-hydrogen) atoms. The third-order valence-corrected chi connectivity index (χ3v) is 8.29. The van der Waals surface area contributed by atoms with Gasteiger partial charge in [-0.25, -0.2) is 4.98 Å². The highest BCUT2D eigenvalue weighted by atomic mass is 35.5. The zero-order valence-corrected chi connectivity index (χ0v) is 30.0. The van der Waals surface area contributed by atoms with E-state index >= 15 is 0 Å². The molecule has 1 N–H and O–H groups in total. The Morgan fingerprint density at radius 2 is 1.61 bits per heavy atom. The molecular weight excluding hydrogens is 691 g/mol. The van der Waals surface area contributed by atoms with Gasteiger partial charge in [0.15, 0.2) is 0 Å². The lowest BCUT2D eigenvalue weighted by Gasteiger charge is -2.22. The first-order valence-corrected chi connectivity index (χ1v) is 15.9. The van der Waals surface area contributed by atoms with Crippen LogP contribution < -0.4 is 15.0 Å². The summed E-state index contributed by atoms with van der Waals surface area (Å²) in [4.78, 5) is 46.1. The fourth-order valence-electron chi connectivity index (χ4n) is 4.74. The number of carbonyl (C=O) groups excluding carboxylic acids is 3. The van der Waals surface area contributed by atoms with E-state index in [9.17, 15) is 14.4 Å². The van der Waals surface area contributed by atoms with Gasteiger partial charge in [-0.05, 0) is 55.0 Å². The summed E-state index contributed by atoms with van der Waals surface area (Å²) in [5.74, 6) is -0.410. The minimum Gasteiger partial charge on any atom is -0.487 e. The molecule has 260 valence electrons. The molecule has 0 aliphatic carbocycles. The largest absolute Gasteiger partial charge is 0.487 e. The molecule has 0 aliphatic heterocycles. The molecule has 0 spiro atoms. The second kappa shape index (κ2) is 19.1. The number of benzene rings is 3. The molecule has 4 aromatic rings. The number of halogens is 3. The van der Waals surface area contributed by atoms with Crippen LogP contribution in [0.1, 0.15) is 27.2 Å². The number of ether oxygens (including phenoxy) is 3. The van der Waals surface area contributed by atoms with Crippen LogP contribution in [0.25, 0.3) is 17.0 Å². The average Bonchev–Trinajstić information content (AvgIpc) is 3.09. The van der Waals surface area contributed by atoms with Crippen LogP contribution in [-0.2, 0) is 25.7 Å². The topological polar surface area (TPSA) is 110 Å². The van der Waals surface area contributed by atoms with E-state index in [0.29, 0.717) is 59.5 Å². The molecular formula is C36H39Cl3N4O6. The van der Waals surface area contributed by atoms with Crippen LogP contribution in [0.4, 0.5) is 5.69 Å². The van der Waals surface area contributed by atoms with Crippen molar-refractivity contribution in [2.24, 2.45) is 0 Å². The molecule has 0 aliphatic rings. The van der Waals surface area contributed by atoms with Crippen LogP contribution in [0, 0.1) is 6.92 Å². The average molecular weight is 730 g/mol. The van der Waals surface area contributed by atoms with Crippen molar-refractivity contribution in [3.8, 4) is 5.75 Å². The van der Waals surface area contributed by atoms with Gasteiger partial charge in [0.25, 0.3) is 5.91 Å². The van der Waals surface area contributed by atoms with E-state index < -0.39 is 11.8 Å². The lowest BCUT2D eigenvalue weighted by atomic mass is 10.1. The Labute approximate surface area is 302 Å². The Morgan fingerprint density at radius 3 is 2.29 bits per heavy atom. The number of hydrogen-bond donors (Lipinski definition) is 1. The maximum absolute atomic E-state index is 13.0. The Morgan fingerprint density at radius 1 is 0.918 bits per heavy atom. The summed E-state index contributed by atoms with van der Waals surface area (Å²) < 4.78 is 16.3. The maximum atomic E-state index is 13.0. The first-order chi connectivity index (χ1) is 23.1. The van der Waals surface area contributed by atoms with E-state index in [4.69, 9.17) is 37.4 Å². The van der Waals surface area contributed by atoms with Crippen LogP contribution in [0.5, 0.6) is 5.75 Å². The highest BCUT2D eigenvalue weighted by Crippen LogP contribution is 2.35. The van der Waals surface area contributed by atoms with Crippen molar-refractivity contribution in [3.63, 3.8) is 0 Å². The first kappa shape index (κ1) is 39.3. The van der Waals surface area contributed by atoms with Crippen molar-refractivity contribution in [2.45, 2.75) is 13.5 Å². The van der Waals surface area contributed by atoms with Gasteiger partial charge >= 0.3 is 0 Å². The number of rotatable bonds is 15. The fourth-order valence-corrected chi connectivity index (χ4v) is 5.35. The number of nitrogens with one attached hydrogen (secondary N) is 1. The molecule has 0 bridgehead atoms. The molecule has 3 aromatic carbocycles. The molecule has 0 fully saturated rings. The first-order valence-electron chi connectivity index (χ1n) is 15.2. The number of pyridine rings is 1. The van der Waals surface area contributed by atoms with Gasteiger partial charge in [-0.3, -0.25) is 14.4 Å². The number of para-hydroxylation sites is 1. The Kier molecular flexibility index (Phi) is 15.3. The molecule has 0 unspecified atom stereocenters. The van der Waals surface area contributed by atoms with E-state index in [2.05, 4.69) is 10.3 Å². The molecule has 0 saturated carbocycles. The van der Waals surface area contributed by atoms with Gasteiger partial charge < -0.3 is 29.3 Å². The third kappa shape index (κ3) is 10.6.